The lowest BCUT2D eigenvalue weighted by molar-refractivity contribution is -0.162. The minimum atomic E-state index is -2.24. The average molecular weight is 341 g/mol. The summed E-state index contributed by atoms with van der Waals surface area (Å²) in [7, 11) is 0. The summed E-state index contributed by atoms with van der Waals surface area (Å²) in [4.78, 5) is 23.5. The van der Waals surface area contributed by atoms with Gasteiger partial charge in [-0.3, -0.25) is 0 Å². The monoisotopic (exact) mass is 341 g/mol. The number of rotatable bonds is 6. The van der Waals surface area contributed by atoms with Crippen molar-refractivity contribution in [2.24, 2.45) is 5.73 Å². The van der Waals surface area contributed by atoms with Crippen LogP contribution in [-0.4, -0.2) is 40.9 Å². The lowest BCUT2D eigenvalue weighted by Gasteiger charge is -2.23. The first kappa shape index (κ1) is 17.1. The summed E-state index contributed by atoms with van der Waals surface area (Å²) in [5, 5.41) is 18.2. The van der Waals surface area contributed by atoms with Gasteiger partial charge in [0.2, 0.25) is 5.54 Å². The number of carboxylic acid groups (broad SMARTS) is 1. The number of benzene rings is 2. The number of nitrogens with two attached hydrogens (primary N) is 1. The highest BCUT2D eigenvalue weighted by Gasteiger charge is 2.44. The molecule has 6 nitrogen and oxygen atoms in total. The number of carbonyl (C=O) groups is 2. The second-order valence-electron chi connectivity index (χ2n) is 6.08. The highest BCUT2D eigenvalue weighted by atomic mass is 16.5. The number of hydrogen-bond acceptors (Lipinski definition) is 5. The molecule has 2 aromatic rings. The predicted molar refractivity (Wildman–Crippen MR) is 90.9 cm³/mol. The minimum Gasteiger partial charge on any atom is -0.479 e. The van der Waals surface area contributed by atoms with Gasteiger partial charge in [-0.05, 0) is 22.3 Å². The lowest BCUT2D eigenvalue weighted by Crippen LogP contribution is -2.56. The zero-order chi connectivity index (χ0) is 18.0. The molecule has 4 N–H and O–H groups in total. The van der Waals surface area contributed by atoms with Crippen LogP contribution in [0.4, 0.5) is 0 Å². The molecule has 25 heavy (non-hydrogen) atoms. The third-order valence-electron chi connectivity index (χ3n) is 4.60. The fraction of sp³-hybridized carbons (Fsp3) is 0.263. The number of aliphatic hydroxyl groups excluding tert-OH is 1. The summed E-state index contributed by atoms with van der Waals surface area (Å²) in [6.45, 7) is -0.530. The molecular weight excluding hydrogens is 322 g/mol. The lowest BCUT2D eigenvalue weighted by atomic mass is 9.96. The van der Waals surface area contributed by atoms with Crippen LogP contribution in [0.25, 0.3) is 11.1 Å². The Bertz CT molecular complexity index is 773. The third kappa shape index (κ3) is 2.90. The summed E-state index contributed by atoms with van der Waals surface area (Å²) in [6, 6.07) is 15.7. The van der Waals surface area contributed by atoms with E-state index < -0.39 is 30.5 Å². The molecule has 0 saturated carbocycles. The standard InChI is InChI=1S/C19H19NO5/c20-19(9-10-21,17(22)23)18(24)25-11-16-14-7-3-1-5-12(14)13-6-2-4-8-15(13)16/h1-8,16,21H,9-11,20H2,(H,22,23)/t19-/m0/s1. The van der Waals surface area contributed by atoms with Crippen molar-refractivity contribution in [3.63, 3.8) is 0 Å². The fourth-order valence-electron chi connectivity index (χ4n) is 3.20. The molecule has 1 aliphatic carbocycles. The Hall–Kier alpha value is -2.70. The van der Waals surface area contributed by atoms with Gasteiger partial charge in [0, 0.05) is 18.9 Å². The zero-order valence-corrected chi connectivity index (χ0v) is 13.5. The van der Waals surface area contributed by atoms with Crippen LogP contribution < -0.4 is 5.73 Å². The van der Waals surface area contributed by atoms with Crippen molar-refractivity contribution in [2.75, 3.05) is 13.2 Å². The van der Waals surface area contributed by atoms with E-state index in [1.54, 1.807) is 0 Å². The average Bonchev–Trinajstić information content (AvgIpc) is 2.93. The smallest absolute Gasteiger partial charge is 0.337 e. The summed E-state index contributed by atoms with van der Waals surface area (Å²) >= 11 is 0. The highest BCUT2D eigenvalue weighted by Crippen LogP contribution is 2.44. The second-order valence-corrected chi connectivity index (χ2v) is 6.08. The van der Waals surface area contributed by atoms with Crippen LogP contribution in [0, 0.1) is 0 Å². The maximum absolute atomic E-state index is 12.2. The van der Waals surface area contributed by atoms with Crippen molar-refractivity contribution in [2.45, 2.75) is 17.9 Å². The van der Waals surface area contributed by atoms with Crippen LogP contribution in [0.1, 0.15) is 23.5 Å². The van der Waals surface area contributed by atoms with E-state index in [0.29, 0.717) is 0 Å². The van der Waals surface area contributed by atoms with Crippen LogP contribution in [-0.2, 0) is 14.3 Å². The largest absolute Gasteiger partial charge is 0.479 e. The van der Waals surface area contributed by atoms with Gasteiger partial charge in [0.25, 0.3) is 0 Å². The first-order chi connectivity index (χ1) is 12.0. The Morgan fingerprint density at radius 3 is 2.04 bits per heavy atom. The molecule has 130 valence electrons. The molecule has 0 unspecified atom stereocenters. The molecule has 0 fully saturated rings. The van der Waals surface area contributed by atoms with Crippen molar-refractivity contribution >= 4 is 11.9 Å². The van der Waals surface area contributed by atoms with E-state index in [2.05, 4.69) is 0 Å². The van der Waals surface area contributed by atoms with E-state index in [1.165, 1.54) is 0 Å². The van der Waals surface area contributed by atoms with Gasteiger partial charge in [0.05, 0.1) is 0 Å². The van der Waals surface area contributed by atoms with Gasteiger partial charge in [-0.2, -0.15) is 0 Å². The van der Waals surface area contributed by atoms with Crippen molar-refractivity contribution in [3.05, 3.63) is 59.7 Å². The fourth-order valence-corrected chi connectivity index (χ4v) is 3.20. The number of carboxylic acids is 1. The molecule has 0 amide bonds. The topological polar surface area (TPSA) is 110 Å². The number of esters is 1. The molecule has 0 spiro atoms. The van der Waals surface area contributed by atoms with Crippen molar-refractivity contribution in [1.82, 2.24) is 0 Å². The van der Waals surface area contributed by atoms with Crippen LogP contribution in [0.2, 0.25) is 0 Å². The van der Waals surface area contributed by atoms with Crippen LogP contribution >= 0.6 is 0 Å². The Morgan fingerprint density at radius 2 is 1.56 bits per heavy atom. The van der Waals surface area contributed by atoms with Gasteiger partial charge in [-0.1, -0.05) is 48.5 Å². The van der Waals surface area contributed by atoms with Crippen LogP contribution in [0.3, 0.4) is 0 Å². The molecule has 0 radical (unpaired) electrons. The maximum Gasteiger partial charge on any atom is 0.337 e. The number of aliphatic hydroxyl groups is 1. The predicted octanol–water partition coefficient (Wildman–Crippen LogP) is 1.51. The Balaban J connectivity index is 1.84. The van der Waals surface area contributed by atoms with Gasteiger partial charge in [0.15, 0.2) is 0 Å². The van der Waals surface area contributed by atoms with Crippen LogP contribution in [0.5, 0.6) is 0 Å². The summed E-state index contributed by atoms with van der Waals surface area (Å²) < 4.78 is 5.26. The van der Waals surface area contributed by atoms with Gasteiger partial charge < -0.3 is 20.7 Å². The van der Waals surface area contributed by atoms with Crippen molar-refractivity contribution in [1.29, 1.82) is 0 Å². The summed E-state index contributed by atoms with van der Waals surface area (Å²) in [5.41, 5.74) is 7.59. The molecule has 3 rings (SSSR count). The Labute approximate surface area is 144 Å². The molecule has 6 heteroatoms. The van der Waals surface area contributed by atoms with E-state index in [0.717, 1.165) is 22.3 Å². The van der Waals surface area contributed by atoms with E-state index in [4.69, 9.17) is 15.6 Å². The van der Waals surface area contributed by atoms with E-state index in [1.807, 2.05) is 48.5 Å². The molecule has 0 saturated heterocycles. The molecular formula is C19H19NO5. The van der Waals surface area contributed by atoms with E-state index >= 15 is 0 Å². The normalized spacial score (nSPS) is 15.1. The van der Waals surface area contributed by atoms with Gasteiger partial charge in [0.1, 0.15) is 6.61 Å². The summed E-state index contributed by atoms with van der Waals surface area (Å²) in [5.74, 6) is -2.74. The van der Waals surface area contributed by atoms with Crippen molar-refractivity contribution in [3.8, 4) is 11.1 Å². The van der Waals surface area contributed by atoms with E-state index in [-0.39, 0.29) is 12.5 Å². The zero-order valence-electron chi connectivity index (χ0n) is 13.5. The molecule has 2 aromatic carbocycles. The first-order valence-electron chi connectivity index (χ1n) is 7.97. The molecule has 1 aliphatic rings. The number of carbonyl (C=O) groups excluding carboxylic acids is 1. The SMILES string of the molecule is N[C@@](CCO)(C(=O)O)C(=O)OCC1c2ccccc2-c2ccccc21. The number of hydrogen-bond donors (Lipinski definition) is 3. The van der Waals surface area contributed by atoms with Crippen molar-refractivity contribution < 1.29 is 24.5 Å². The number of aliphatic carboxylic acids is 1. The first-order valence-corrected chi connectivity index (χ1v) is 7.97. The number of ether oxygens (including phenoxy) is 1. The second kappa shape index (κ2) is 6.66. The molecule has 0 heterocycles. The molecule has 1 atom stereocenters. The molecule has 0 bridgehead atoms. The van der Waals surface area contributed by atoms with Gasteiger partial charge in [-0.25, -0.2) is 9.59 Å². The highest BCUT2D eigenvalue weighted by molar-refractivity contribution is 6.03. The maximum atomic E-state index is 12.2. The van der Waals surface area contributed by atoms with Gasteiger partial charge in [-0.15, -0.1) is 0 Å². The van der Waals surface area contributed by atoms with Gasteiger partial charge >= 0.3 is 11.9 Å². The molecule has 0 aromatic heterocycles. The minimum absolute atomic E-state index is 0.00941. The van der Waals surface area contributed by atoms with Crippen LogP contribution in [0.15, 0.2) is 48.5 Å². The summed E-state index contributed by atoms with van der Waals surface area (Å²) in [6.07, 6.45) is -0.404. The molecule has 0 aliphatic heterocycles. The Morgan fingerprint density at radius 1 is 1.04 bits per heavy atom. The number of fused-ring (bicyclic) bond motifs is 3. The quantitative estimate of drug-likeness (QED) is 0.543. The van der Waals surface area contributed by atoms with E-state index in [9.17, 15) is 14.7 Å². The Kier molecular flexibility index (Phi) is 4.57. The third-order valence-corrected chi connectivity index (χ3v) is 4.60.